The fraction of sp³-hybridized carbons (Fsp3) is 0.333. The minimum absolute atomic E-state index is 0.0521. The molecule has 0 aromatic heterocycles. The molecule has 2 aromatic carbocycles. The van der Waals surface area contributed by atoms with Crippen LogP contribution in [0, 0.1) is 0 Å². The van der Waals surface area contributed by atoms with E-state index in [4.69, 9.17) is 4.74 Å². The summed E-state index contributed by atoms with van der Waals surface area (Å²) >= 11 is 0. The molecule has 1 heterocycles. The first-order chi connectivity index (χ1) is 15.5. The van der Waals surface area contributed by atoms with E-state index < -0.39 is 6.61 Å². The van der Waals surface area contributed by atoms with Gasteiger partial charge >= 0.3 is 12.7 Å². The van der Waals surface area contributed by atoms with Crippen LogP contribution in [-0.4, -0.2) is 49.3 Å². The number of alkyl halides is 2. The first kappa shape index (κ1) is 23.2. The Labute approximate surface area is 185 Å². The average Bonchev–Trinajstić information content (AvgIpc) is 2.79. The zero-order valence-electron chi connectivity index (χ0n) is 17.8. The van der Waals surface area contributed by atoms with Gasteiger partial charge in [-0.15, -0.1) is 0 Å². The van der Waals surface area contributed by atoms with Gasteiger partial charge in [-0.2, -0.15) is 8.78 Å². The molecule has 1 aliphatic heterocycles. The molecule has 1 aliphatic rings. The minimum Gasteiger partial charge on any atom is -0.450 e. The smallest absolute Gasteiger partial charge is 0.409 e. The van der Waals surface area contributed by atoms with Crippen LogP contribution in [-0.2, 0) is 9.53 Å². The second kappa shape index (κ2) is 11.3. The van der Waals surface area contributed by atoms with Crippen LogP contribution in [0.1, 0.15) is 30.9 Å². The normalized spacial score (nSPS) is 14.9. The lowest BCUT2D eigenvalue weighted by molar-refractivity contribution is -0.116. The number of carbonyl (C=O) groups excluding carboxylic acids is 2. The molecule has 2 aromatic rings. The van der Waals surface area contributed by atoms with Gasteiger partial charge in [0.05, 0.1) is 6.61 Å². The minimum atomic E-state index is -2.89. The highest BCUT2D eigenvalue weighted by molar-refractivity contribution is 6.24. The second-order valence-electron chi connectivity index (χ2n) is 7.31. The Balaban J connectivity index is 1.72. The van der Waals surface area contributed by atoms with Crippen molar-refractivity contribution in [2.45, 2.75) is 32.4 Å². The van der Waals surface area contributed by atoms with E-state index >= 15 is 0 Å². The molecule has 170 valence electrons. The molecule has 0 bridgehead atoms. The van der Waals surface area contributed by atoms with Crippen molar-refractivity contribution in [3.8, 4) is 5.75 Å². The molecule has 1 N–H and O–H groups in total. The molecule has 0 unspecified atom stereocenters. The predicted molar refractivity (Wildman–Crippen MR) is 117 cm³/mol. The van der Waals surface area contributed by atoms with Crippen LogP contribution in [0.2, 0.25) is 0 Å². The summed E-state index contributed by atoms with van der Waals surface area (Å²) in [5.41, 5.74) is 1.88. The fourth-order valence-corrected chi connectivity index (χ4v) is 3.49. The van der Waals surface area contributed by atoms with Crippen molar-refractivity contribution < 1.29 is 27.8 Å². The summed E-state index contributed by atoms with van der Waals surface area (Å²) in [6.45, 7) is 0.231. The number of hydrogen-bond acceptors (Lipinski definition) is 4. The number of nitrogens with one attached hydrogen (secondary N) is 1. The summed E-state index contributed by atoms with van der Waals surface area (Å²) in [7, 11) is 0. The number of hydrogen-bond donors (Lipinski definition) is 1. The maximum Gasteiger partial charge on any atom is 0.409 e. The summed E-state index contributed by atoms with van der Waals surface area (Å²) in [6.07, 6.45) is 2.64. The fourth-order valence-electron chi connectivity index (χ4n) is 3.49. The number of ether oxygens (including phenoxy) is 2. The van der Waals surface area contributed by atoms with Crippen molar-refractivity contribution in [2.75, 3.05) is 19.7 Å². The highest BCUT2D eigenvalue weighted by atomic mass is 19.3. The molecule has 2 amide bonds. The van der Waals surface area contributed by atoms with Gasteiger partial charge in [-0.05, 0) is 49.1 Å². The Morgan fingerprint density at radius 3 is 2.34 bits per heavy atom. The van der Waals surface area contributed by atoms with E-state index in [1.165, 1.54) is 12.1 Å². The van der Waals surface area contributed by atoms with Crippen LogP contribution in [0.15, 0.2) is 54.6 Å². The van der Waals surface area contributed by atoms with Crippen molar-refractivity contribution in [1.82, 2.24) is 10.2 Å². The van der Waals surface area contributed by atoms with Crippen LogP contribution < -0.4 is 10.1 Å². The lowest BCUT2D eigenvalue weighted by Crippen LogP contribution is -2.46. The van der Waals surface area contributed by atoms with E-state index in [-0.39, 0.29) is 23.8 Å². The monoisotopic (exact) mass is 444 g/mol. The van der Waals surface area contributed by atoms with Crippen molar-refractivity contribution in [1.29, 1.82) is 0 Å². The molecule has 0 radical (unpaired) electrons. The van der Waals surface area contributed by atoms with Crippen molar-refractivity contribution >= 4 is 23.6 Å². The Hall–Kier alpha value is -3.42. The second-order valence-corrected chi connectivity index (χ2v) is 7.31. The Morgan fingerprint density at radius 1 is 1.09 bits per heavy atom. The highest BCUT2D eigenvalue weighted by Crippen LogP contribution is 2.22. The van der Waals surface area contributed by atoms with Crippen LogP contribution in [0.25, 0.3) is 11.6 Å². The van der Waals surface area contributed by atoms with Gasteiger partial charge in [0.2, 0.25) is 0 Å². The van der Waals surface area contributed by atoms with Crippen molar-refractivity contribution in [3.05, 3.63) is 65.7 Å². The third-order valence-corrected chi connectivity index (χ3v) is 5.10. The zero-order valence-corrected chi connectivity index (χ0v) is 17.8. The van der Waals surface area contributed by atoms with E-state index in [1.807, 2.05) is 30.3 Å². The summed E-state index contributed by atoms with van der Waals surface area (Å²) < 4.78 is 34.2. The van der Waals surface area contributed by atoms with Crippen LogP contribution in [0.3, 0.4) is 0 Å². The third kappa shape index (κ3) is 6.54. The van der Waals surface area contributed by atoms with Crippen LogP contribution in [0.4, 0.5) is 13.6 Å². The number of piperidine rings is 1. The van der Waals surface area contributed by atoms with Crippen molar-refractivity contribution in [2.24, 2.45) is 0 Å². The topological polar surface area (TPSA) is 67.9 Å². The third-order valence-electron chi connectivity index (χ3n) is 5.10. The van der Waals surface area contributed by atoms with Gasteiger partial charge in [-0.1, -0.05) is 42.5 Å². The summed E-state index contributed by atoms with van der Waals surface area (Å²) in [5, 5.41) is 3.06. The van der Waals surface area contributed by atoms with Crippen LogP contribution >= 0.6 is 0 Å². The van der Waals surface area contributed by atoms with E-state index in [1.54, 1.807) is 30.0 Å². The summed E-state index contributed by atoms with van der Waals surface area (Å²) in [5.74, 6) is -0.185. The first-order valence-corrected chi connectivity index (χ1v) is 10.5. The standard InChI is InChI=1S/C24H26F2N2O4/c1-2-31-24(30)28-14-12-19(13-15-28)27-22(29)21(18-6-4-3-5-7-18)16-17-8-10-20(11-9-17)32-23(25)26/h3-11,16,19,23H,2,12-15H2,1H3,(H,27,29)/b21-16+. The molecule has 3 rings (SSSR count). The van der Waals surface area contributed by atoms with Gasteiger partial charge < -0.3 is 19.7 Å². The Bertz CT molecular complexity index is 925. The molecule has 8 heteroatoms. The molecule has 1 saturated heterocycles. The number of carbonyl (C=O) groups is 2. The number of halogens is 2. The SMILES string of the molecule is CCOC(=O)N1CCC(NC(=O)/C(=C/c2ccc(OC(F)F)cc2)c2ccccc2)CC1. The lowest BCUT2D eigenvalue weighted by Gasteiger charge is -2.31. The van der Waals surface area contributed by atoms with E-state index in [0.717, 1.165) is 5.56 Å². The number of benzene rings is 2. The number of amides is 2. The predicted octanol–water partition coefficient (Wildman–Crippen LogP) is 4.57. The average molecular weight is 444 g/mol. The quantitative estimate of drug-likeness (QED) is 0.502. The first-order valence-electron chi connectivity index (χ1n) is 10.5. The molecular formula is C24H26F2N2O4. The van der Waals surface area contributed by atoms with Gasteiger partial charge in [-0.3, -0.25) is 4.79 Å². The van der Waals surface area contributed by atoms with Crippen molar-refractivity contribution in [3.63, 3.8) is 0 Å². The number of nitrogens with zero attached hydrogens (tertiary/aromatic N) is 1. The van der Waals surface area contributed by atoms with E-state index in [9.17, 15) is 18.4 Å². The molecule has 32 heavy (non-hydrogen) atoms. The van der Waals surface area contributed by atoms with Gasteiger partial charge in [0.15, 0.2) is 0 Å². The van der Waals surface area contributed by atoms with E-state index in [2.05, 4.69) is 10.1 Å². The highest BCUT2D eigenvalue weighted by Gasteiger charge is 2.25. The summed E-state index contributed by atoms with van der Waals surface area (Å²) in [6, 6.07) is 15.3. The number of likely N-dealkylation sites (tertiary alicyclic amines) is 1. The maximum absolute atomic E-state index is 13.1. The molecule has 0 aliphatic carbocycles. The largest absolute Gasteiger partial charge is 0.450 e. The molecule has 1 fully saturated rings. The van der Waals surface area contributed by atoms with Gasteiger partial charge in [-0.25, -0.2) is 4.79 Å². The van der Waals surface area contributed by atoms with Crippen LogP contribution in [0.5, 0.6) is 5.75 Å². The number of rotatable bonds is 7. The Kier molecular flexibility index (Phi) is 8.19. The summed E-state index contributed by atoms with van der Waals surface area (Å²) in [4.78, 5) is 26.6. The molecule has 0 atom stereocenters. The molecular weight excluding hydrogens is 418 g/mol. The van der Waals surface area contributed by atoms with Gasteiger partial charge in [0, 0.05) is 24.7 Å². The van der Waals surface area contributed by atoms with E-state index in [0.29, 0.717) is 43.7 Å². The lowest BCUT2D eigenvalue weighted by atomic mass is 10.00. The zero-order chi connectivity index (χ0) is 22.9. The molecule has 6 nitrogen and oxygen atoms in total. The van der Waals surface area contributed by atoms with Gasteiger partial charge in [0.25, 0.3) is 5.91 Å². The Morgan fingerprint density at radius 2 is 1.75 bits per heavy atom. The molecule has 0 saturated carbocycles. The van der Waals surface area contributed by atoms with Gasteiger partial charge in [0.1, 0.15) is 5.75 Å². The maximum atomic E-state index is 13.1. The molecule has 0 spiro atoms.